The van der Waals surface area contributed by atoms with Crippen LogP contribution in [-0.2, 0) is 6.54 Å². The molecule has 0 amide bonds. The lowest BCUT2D eigenvalue weighted by Crippen LogP contribution is -2.45. The number of hydrogen-bond donors (Lipinski definition) is 1. The van der Waals surface area contributed by atoms with Crippen LogP contribution in [-0.4, -0.2) is 54.1 Å². The molecule has 0 saturated carbocycles. The van der Waals surface area contributed by atoms with E-state index in [0.717, 1.165) is 26.2 Å². The van der Waals surface area contributed by atoms with Gasteiger partial charge in [0, 0.05) is 51.2 Å². The quantitative estimate of drug-likeness (QED) is 0.888. The summed E-state index contributed by atoms with van der Waals surface area (Å²) in [5.41, 5.74) is 7.60. The van der Waals surface area contributed by atoms with Gasteiger partial charge in [-0.1, -0.05) is 13.8 Å². The van der Waals surface area contributed by atoms with E-state index < -0.39 is 0 Å². The van der Waals surface area contributed by atoms with Crippen molar-refractivity contribution >= 4 is 0 Å². The Hall–Kier alpha value is -0.970. The predicted molar refractivity (Wildman–Crippen MR) is 78.8 cm³/mol. The van der Waals surface area contributed by atoms with Crippen molar-refractivity contribution in [2.75, 3.05) is 33.2 Å². The smallest absolute Gasteiger partial charge is 0.0349 e. The van der Waals surface area contributed by atoms with Gasteiger partial charge in [0.05, 0.1) is 0 Å². The van der Waals surface area contributed by atoms with Crippen LogP contribution in [0.3, 0.4) is 0 Å². The Kier molecular flexibility index (Phi) is 4.55. The molecule has 1 fully saturated rings. The molecule has 19 heavy (non-hydrogen) atoms. The molecule has 2 rings (SSSR count). The van der Waals surface area contributed by atoms with Crippen LogP contribution in [0, 0.1) is 5.41 Å². The van der Waals surface area contributed by atoms with E-state index in [1.807, 2.05) is 12.4 Å². The van der Waals surface area contributed by atoms with Crippen LogP contribution in [0.25, 0.3) is 0 Å². The van der Waals surface area contributed by atoms with Gasteiger partial charge in [0.15, 0.2) is 0 Å². The Morgan fingerprint density at radius 2 is 2.00 bits per heavy atom. The molecular weight excluding hydrogens is 236 g/mol. The van der Waals surface area contributed by atoms with Crippen LogP contribution in [0.1, 0.15) is 19.4 Å². The van der Waals surface area contributed by atoms with Gasteiger partial charge in [-0.15, -0.1) is 0 Å². The Morgan fingerprint density at radius 1 is 1.32 bits per heavy atom. The standard InChI is InChI=1S/C15H26N4/c1-15(2)11-18(3)10-14(8-16)19(12-15)9-13-4-6-17-7-5-13/h4-7,14H,8-12,16H2,1-3H3. The van der Waals surface area contributed by atoms with Gasteiger partial charge in [0.2, 0.25) is 0 Å². The van der Waals surface area contributed by atoms with Gasteiger partial charge in [-0.25, -0.2) is 0 Å². The molecule has 0 aliphatic carbocycles. The Balaban J connectivity index is 2.14. The number of likely N-dealkylation sites (N-methyl/N-ethyl adjacent to an activating group) is 1. The molecule has 2 heterocycles. The molecule has 2 N–H and O–H groups in total. The highest BCUT2D eigenvalue weighted by molar-refractivity contribution is 5.10. The van der Waals surface area contributed by atoms with Gasteiger partial charge >= 0.3 is 0 Å². The van der Waals surface area contributed by atoms with Gasteiger partial charge in [-0.3, -0.25) is 9.88 Å². The fourth-order valence-corrected chi connectivity index (χ4v) is 3.13. The number of aromatic nitrogens is 1. The second-order valence-electron chi connectivity index (χ2n) is 6.51. The average Bonchev–Trinajstić information content (AvgIpc) is 2.45. The molecule has 0 spiro atoms. The normalized spacial score (nSPS) is 25.2. The lowest BCUT2D eigenvalue weighted by Gasteiger charge is -2.33. The van der Waals surface area contributed by atoms with Crippen molar-refractivity contribution in [1.29, 1.82) is 0 Å². The molecule has 1 aliphatic heterocycles. The fraction of sp³-hybridized carbons (Fsp3) is 0.667. The average molecular weight is 262 g/mol. The highest BCUT2D eigenvalue weighted by atomic mass is 15.2. The van der Waals surface area contributed by atoms with Crippen LogP contribution >= 0.6 is 0 Å². The highest BCUT2D eigenvalue weighted by Crippen LogP contribution is 2.24. The van der Waals surface area contributed by atoms with E-state index in [9.17, 15) is 0 Å². The number of pyridine rings is 1. The van der Waals surface area contributed by atoms with E-state index in [1.54, 1.807) is 0 Å². The maximum absolute atomic E-state index is 5.99. The second kappa shape index (κ2) is 5.99. The van der Waals surface area contributed by atoms with Crippen molar-refractivity contribution in [3.8, 4) is 0 Å². The van der Waals surface area contributed by atoms with Crippen LogP contribution < -0.4 is 5.73 Å². The molecule has 4 heteroatoms. The summed E-state index contributed by atoms with van der Waals surface area (Å²) < 4.78 is 0. The third-order valence-corrected chi connectivity index (χ3v) is 3.77. The molecule has 4 nitrogen and oxygen atoms in total. The number of nitrogens with two attached hydrogens (primary N) is 1. The van der Waals surface area contributed by atoms with Crippen molar-refractivity contribution < 1.29 is 0 Å². The molecule has 1 aromatic rings. The Bertz CT molecular complexity index is 390. The molecule has 1 atom stereocenters. The van der Waals surface area contributed by atoms with Gasteiger partial charge in [0.1, 0.15) is 0 Å². The second-order valence-corrected chi connectivity index (χ2v) is 6.51. The van der Waals surface area contributed by atoms with Gasteiger partial charge < -0.3 is 10.6 Å². The van der Waals surface area contributed by atoms with Crippen molar-refractivity contribution in [3.05, 3.63) is 30.1 Å². The molecule has 0 radical (unpaired) electrons. The van der Waals surface area contributed by atoms with E-state index in [1.165, 1.54) is 5.56 Å². The lowest BCUT2D eigenvalue weighted by molar-refractivity contribution is 0.152. The number of nitrogens with zero attached hydrogens (tertiary/aromatic N) is 3. The van der Waals surface area contributed by atoms with E-state index in [4.69, 9.17) is 5.73 Å². The van der Waals surface area contributed by atoms with E-state index in [0.29, 0.717) is 18.0 Å². The van der Waals surface area contributed by atoms with E-state index >= 15 is 0 Å². The van der Waals surface area contributed by atoms with Crippen LogP contribution in [0.4, 0.5) is 0 Å². The Labute approximate surface area is 116 Å². The minimum Gasteiger partial charge on any atom is -0.329 e. The minimum atomic E-state index is 0.297. The molecule has 1 aliphatic rings. The maximum Gasteiger partial charge on any atom is 0.0349 e. The van der Waals surface area contributed by atoms with E-state index in [2.05, 4.69) is 47.8 Å². The first kappa shape index (κ1) is 14.4. The summed E-state index contributed by atoms with van der Waals surface area (Å²) in [7, 11) is 2.19. The zero-order chi connectivity index (χ0) is 13.9. The maximum atomic E-state index is 5.99. The Morgan fingerprint density at radius 3 is 2.63 bits per heavy atom. The SMILES string of the molecule is CN1CC(CN)N(Cc2ccncc2)CC(C)(C)C1. The minimum absolute atomic E-state index is 0.297. The highest BCUT2D eigenvalue weighted by Gasteiger charge is 2.32. The molecule has 1 saturated heterocycles. The first-order valence-corrected chi connectivity index (χ1v) is 7.02. The first-order valence-electron chi connectivity index (χ1n) is 7.02. The van der Waals surface area contributed by atoms with E-state index in [-0.39, 0.29) is 0 Å². The van der Waals surface area contributed by atoms with Gasteiger partial charge in [-0.05, 0) is 30.2 Å². The van der Waals surface area contributed by atoms with Crippen LogP contribution in [0.5, 0.6) is 0 Å². The summed E-state index contributed by atoms with van der Waals surface area (Å²) in [6.45, 7) is 9.60. The van der Waals surface area contributed by atoms with Crippen molar-refractivity contribution in [2.24, 2.45) is 11.1 Å². The first-order chi connectivity index (χ1) is 9.00. The summed E-state index contributed by atoms with van der Waals surface area (Å²) in [5, 5.41) is 0. The molecule has 0 aromatic carbocycles. The van der Waals surface area contributed by atoms with Crippen molar-refractivity contribution in [2.45, 2.75) is 26.4 Å². The van der Waals surface area contributed by atoms with Crippen LogP contribution in [0.2, 0.25) is 0 Å². The number of rotatable bonds is 3. The van der Waals surface area contributed by atoms with Gasteiger partial charge in [-0.2, -0.15) is 0 Å². The molecule has 1 aromatic heterocycles. The fourth-order valence-electron chi connectivity index (χ4n) is 3.13. The van der Waals surface area contributed by atoms with Crippen molar-refractivity contribution in [1.82, 2.24) is 14.8 Å². The largest absolute Gasteiger partial charge is 0.329 e. The molecule has 106 valence electrons. The monoisotopic (exact) mass is 262 g/mol. The summed E-state index contributed by atoms with van der Waals surface area (Å²) in [6.07, 6.45) is 3.73. The molecule has 1 unspecified atom stereocenters. The van der Waals surface area contributed by atoms with Crippen molar-refractivity contribution in [3.63, 3.8) is 0 Å². The third-order valence-electron chi connectivity index (χ3n) is 3.77. The van der Waals surface area contributed by atoms with Crippen LogP contribution in [0.15, 0.2) is 24.5 Å². The predicted octanol–water partition coefficient (Wildman–Crippen LogP) is 1.18. The number of hydrogen-bond acceptors (Lipinski definition) is 4. The third kappa shape index (κ3) is 4.00. The zero-order valence-corrected chi connectivity index (χ0v) is 12.3. The lowest BCUT2D eigenvalue weighted by atomic mass is 9.92. The van der Waals surface area contributed by atoms with Gasteiger partial charge in [0.25, 0.3) is 0 Å². The molecular formula is C15H26N4. The zero-order valence-electron chi connectivity index (χ0n) is 12.3. The summed E-state index contributed by atoms with van der Waals surface area (Å²) in [4.78, 5) is 9.02. The topological polar surface area (TPSA) is 45.4 Å². The summed E-state index contributed by atoms with van der Waals surface area (Å²) in [6, 6.07) is 4.62. The summed E-state index contributed by atoms with van der Waals surface area (Å²) >= 11 is 0. The molecule has 0 bridgehead atoms. The summed E-state index contributed by atoms with van der Waals surface area (Å²) in [5.74, 6) is 0.